The minimum atomic E-state index is 0.347. The fourth-order valence-corrected chi connectivity index (χ4v) is 3.84. The third-order valence-corrected chi connectivity index (χ3v) is 6.26. The molecule has 0 saturated carbocycles. The average molecular weight is 283 g/mol. The smallest absolute Gasteiger partial charge is 0.0329 e. The van der Waals surface area contributed by atoms with E-state index >= 15 is 0 Å². The third kappa shape index (κ3) is 3.57. The molecule has 0 aromatic carbocycles. The van der Waals surface area contributed by atoms with Gasteiger partial charge in [-0.25, -0.2) is 0 Å². The van der Waals surface area contributed by atoms with Crippen molar-refractivity contribution in [2.45, 2.75) is 91.1 Å². The Morgan fingerprint density at radius 1 is 0.900 bits per heavy atom. The second-order valence-corrected chi connectivity index (χ2v) is 6.84. The molecule has 1 aliphatic heterocycles. The zero-order valence-corrected chi connectivity index (χ0v) is 14.9. The predicted molar refractivity (Wildman–Crippen MR) is 90.3 cm³/mol. The first kappa shape index (κ1) is 18.0. The van der Waals surface area contributed by atoms with Gasteiger partial charge in [0.2, 0.25) is 0 Å². The Labute approximate surface area is 127 Å². The first-order valence-electron chi connectivity index (χ1n) is 9.05. The quantitative estimate of drug-likeness (QED) is 0.708. The Morgan fingerprint density at radius 3 is 1.85 bits per heavy atom. The first-order chi connectivity index (χ1) is 9.55. The highest BCUT2D eigenvalue weighted by molar-refractivity contribution is 5.04. The molecule has 0 spiro atoms. The minimum absolute atomic E-state index is 0.347. The van der Waals surface area contributed by atoms with E-state index in [-0.39, 0.29) is 0 Å². The van der Waals surface area contributed by atoms with E-state index in [9.17, 15) is 0 Å². The van der Waals surface area contributed by atoms with Crippen LogP contribution in [0.4, 0.5) is 0 Å². The molecule has 1 saturated heterocycles. The molecule has 1 aliphatic rings. The van der Waals surface area contributed by atoms with Crippen LogP contribution in [-0.4, -0.2) is 35.6 Å². The molecule has 1 fully saturated rings. The summed E-state index contributed by atoms with van der Waals surface area (Å²) in [6, 6.07) is 0. The van der Waals surface area contributed by atoms with Crippen molar-refractivity contribution in [3.8, 4) is 0 Å². The summed E-state index contributed by atoms with van der Waals surface area (Å²) >= 11 is 0. The monoisotopic (exact) mass is 282 g/mol. The van der Waals surface area contributed by atoms with E-state index in [2.05, 4.69) is 51.8 Å². The van der Waals surface area contributed by atoms with Gasteiger partial charge in [-0.05, 0) is 31.6 Å². The maximum Gasteiger partial charge on any atom is 0.0329 e. The standard InChI is InChI=1S/C18H38N2/c1-7-16(8-2)13-20-15-17(9-3,10-4)19-14-18(20,11-5)12-6/h16,19H,7-15H2,1-6H3. The Morgan fingerprint density at radius 2 is 1.45 bits per heavy atom. The van der Waals surface area contributed by atoms with Crippen molar-refractivity contribution in [3.05, 3.63) is 0 Å². The van der Waals surface area contributed by atoms with E-state index in [0.717, 1.165) is 5.92 Å². The Kier molecular flexibility index (Phi) is 7.00. The van der Waals surface area contributed by atoms with Crippen LogP contribution < -0.4 is 5.32 Å². The maximum atomic E-state index is 3.92. The molecule has 20 heavy (non-hydrogen) atoms. The summed E-state index contributed by atoms with van der Waals surface area (Å²) < 4.78 is 0. The van der Waals surface area contributed by atoms with E-state index < -0.39 is 0 Å². The van der Waals surface area contributed by atoms with Crippen LogP contribution in [0.25, 0.3) is 0 Å². The van der Waals surface area contributed by atoms with Crippen molar-refractivity contribution in [2.24, 2.45) is 5.92 Å². The number of piperazine rings is 1. The second-order valence-electron chi connectivity index (χ2n) is 6.84. The largest absolute Gasteiger partial charge is 0.308 e. The van der Waals surface area contributed by atoms with Crippen molar-refractivity contribution >= 4 is 0 Å². The van der Waals surface area contributed by atoms with Crippen molar-refractivity contribution < 1.29 is 0 Å². The molecule has 0 aromatic rings. The van der Waals surface area contributed by atoms with E-state index in [1.807, 2.05) is 0 Å². The lowest BCUT2D eigenvalue weighted by Crippen LogP contribution is -2.70. The van der Waals surface area contributed by atoms with Crippen molar-refractivity contribution in [3.63, 3.8) is 0 Å². The zero-order chi connectivity index (χ0) is 15.2. The maximum absolute atomic E-state index is 3.92. The topological polar surface area (TPSA) is 15.3 Å². The van der Waals surface area contributed by atoms with Gasteiger partial charge in [0.1, 0.15) is 0 Å². The van der Waals surface area contributed by atoms with E-state index in [1.54, 1.807) is 0 Å². The third-order valence-electron chi connectivity index (χ3n) is 6.26. The lowest BCUT2D eigenvalue weighted by molar-refractivity contribution is -0.0157. The summed E-state index contributed by atoms with van der Waals surface area (Å²) in [5.74, 6) is 0.858. The van der Waals surface area contributed by atoms with E-state index in [0.29, 0.717) is 11.1 Å². The van der Waals surface area contributed by atoms with Crippen LogP contribution in [0.1, 0.15) is 80.1 Å². The molecule has 120 valence electrons. The number of hydrogen-bond acceptors (Lipinski definition) is 2. The number of rotatable bonds is 8. The van der Waals surface area contributed by atoms with Crippen LogP contribution in [0.2, 0.25) is 0 Å². The molecule has 0 aromatic heterocycles. The lowest BCUT2D eigenvalue weighted by atomic mass is 9.80. The summed E-state index contributed by atoms with van der Waals surface area (Å²) in [5, 5.41) is 3.92. The van der Waals surface area contributed by atoms with Gasteiger partial charge < -0.3 is 5.32 Å². The SMILES string of the molecule is CCC(CC)CN1CC(CC)(CC)NCC1(CC)CC. The fourth-order valence-electron chi connectivity index (χ4n) is 3.84. The van der Waals surface area contributed by atoms with Gasteiger partial charge in [0, 0.05) is 30.7 Å². The van der Waals surface area contributed by atoms with Crippen molar-refractivity contribution in [1.29, 1.82) is 0 Å². The lowest BCUT2D eigenvalue weighted by Gasteiger charge is -2.55. The van der Waals surface area contributed by atoms with Crippen LogP contribution in [0.3, 0.4) is 0 Å². The minimum Gasteiger partial charge on any atom is -0.308 e. The van der Waals surface area contributed by atoms with Gasteiger partial charge in [0.05, 0.1) is 0 Å². The Hall–Kier alpha value is -0.0800. The molecule has 0 atom stereocenters. The normalized spacial score (nSPS) is 22.4. The van der Waals surface area contributed by atoms with Gasteiger partial charge in [-0.3, -0.25) is 4.90 Å². The highest BCUT2D eigenvalue weighted by atomic mass is 15.3. The zero-order valence-electron chi connectivity index (χ0n) is 14.9. The van der Waals surface area contributed by atoms with Gasteiger partial charge in [-0.1, -0.05) is 54.4 Å². The number of hydrogen-bond donors (Lipinski definition) is 1. The molecule has 2 heteroatoms. The molecule has 0 aliphatic carbocycles. The first-order valence-corrected chi connectivity index (χ1v) is 9.05. The summed E-state index contributed by atoms with van der Waals surface area (Å²) in [6.45, 7) is 17.8. The van der Waals surface area contributed by atoms with Crippen molar-refractivity contribution in [1.82, 2.24) is 10.2 Å². The average Bonchev–Trinajstić information content (AvgIpc) is 2.52. The van der Waals surface area contributed by atoms with Crippen LogP contribution >= 0.6 is 0 Å². The molecule has 2 nitrogen and oxygen atoms in total. The van der Waals surface area contributed by atoms with Gasteiger partial charge >= 0.3 is 0 Å². The fraction of sp³-hybridized carbons (Fsp3) is 1.00. The molecule has 0 radical (unpaired) electrons. The van der Waals surface area contributed by atoms with Crippen LogP contribution in [-0.2, 0) is 0 Å². The Bertz CT molecular complexity index is 263. The number of nitrogens with one attached hydrogen (secondary N) is 1. The molecule has 0 unspecified atom stereocenters. The van der Waals surface area contributed by atoms with Crippen LogP contribution in [0.15, 0.2) is 0 Å². The predicted octanol–water partition coefficient (Wildman–Crippen LogP) is 4.45. The Balaban J connectivity index is 2.93. The summed E-state index contributed by atoms with van der Waals surface area (Å²) in [5.41, 5.74) is 0.732. The summed E-state index contributed by atoms with van der Waals surface area (Å²) in [7, 11) is 0. The molecule has 0 bridgehead atoms. The summed E-state index contributed by atoms with van der Waals surface area (Å²) in [6.07, 6.45) is 7.64. The van der Waals surface area contributed by atoms with Crippen LogP contribution in [0.5, 0.6) is 0 Å². The molecular formula is C18H38N2. The molecule has 1 heterocycles. The van der Waals surface area contributed by atoms with Gasteiger partial charge in [-0.2, -0.15) is 0 Å². The molecule has 1 rings (SSSR count). The highest BCUT2D eigenvalue weighted by Crippen LogP contribution is 2.34. The number of nitrogens with zero attached hydrogens (tertiary/aromatic N) is 1. The van der Waals surface area contributed by atoms with Crippen molar-refractivity contribution in [2.75, 3.05) is 19.6 Å². The highest BCUT2D eigenvalue weighted by Gasteiger charge is 2.44. The van der Waals surface area contributed by atoms with E-state index in [4.69, 9.17) is 0 Å². The van der Waals surface area contributed by atoms with Gasteiger partial charge in [0.15, 0.2) is 0 Å². The molecular weight excluding hydrogens is 244 g/mol. The molecule has 1 N–H and O–H groups in total. The second kappa shape index (κ2) is 7.79. The van der Waals surface area contributed by atoms with Gasteiger partial charge in [-0.15, -0.1) is 0 Å². The van der Waals surface area contributed by atoms with Gasteiger partial charge in [0.25, 0.3) is 0 Å². The summed E-state index contributed by atoms with van der Waals surface area (Å²) in [4.78, 5) is 2.86. The molecule has 0 amide bonds. The van der Waals surface area contributed by atoms with Crippen LogP contribution in [0, 0.1) is 5.92 Å². The van der Waals surface area contributed by atoms with E-state index in [1.165, 1.54) is 58.2 Å².